The van der Waals surface area contributed by atoms with Gasteiger partial charge in [-0.2, -0.15) is 0 Å². The predicted molar refractivity (Wildman–Crippen MR) is 77.0 cm³/mol. The van der Waals surface area contributed by atoms with Gasteiger partial charge in [-0.1, -0.05) is 26.0 Å². The van der Waals surface area contributed by atoms with Gasteiger partial charge in [0.1, 0.15) is 5.75 Å². The second kappa shape index (κ2) is 7.79. The maximum Gasteiger partial charge on any atom is 0.224 e. The second-order valence-electron chi connectivity index (χ2n) is 4.58. The zero-order valence-corrected chi connectivity index (χ0v) is 12.0. The van der Waals surface area contributed by atoms with E-state index in [1.807, 2.05) is 31.2 Å². The molecule has 0 radical (unpaired) electrons. The van der Waals surface area contributed by atoms with Crippen LogP contribution in [-0.2, 0) is 4.79 Å². The first-order valence-corrected chi connectivity index (χ1v) is 6.80. The first kappa shape index (κ1) is 15.5. The summed E-state index contributed by atoms with van der Waals surface area (Å²) in [7, 11) is 1.64. The summed E-state index contributed by atoms with van der Waals surface area (Å²) in [5, 5.41) is 3.06. The lowest BCUT2D eigenvalue weighted by Gasteiger charge is -2.21. The van der Waals surface area contributed by atoms with Crippen LogP contribution in [0.2, 0.25) is 0 Å². The zero-order chi connectivity index (χ0) is 14.3. The highest BCUT2D eigenvalue weighted by Crippen LogP contribution is 2.20. The van der Waals surface area contributed by atoms with Crippen molar-refractivity contribution >= 4 is 5.91 Å². The predicted octanol–water partition coefficient (Wildman–Crippen LogP) is 2.25. The van der Waals surface area contributed by atoms with Crippen LogP contribution in [0.15, 0.2) is 24.3 Å². The van der Waals surface area contributed by atoms with E-state index < -0.39 is 0 Å². The van der Waals surface area contributed by atoms with Crippen molar-refractivity contribution in [2.24, 2.45) is 11.7 Å². The van der Waals surface area contributed by atoms with Crippen molar-refractivity contribution in [1.82, 2.24) is 5.32 Å². The number of benzene rings is 1. The van der Waals surface area contributed by atoms with E-state index in [1.54, 1.807) is 7.11 Å². The second-order valence-corrected chi connectivity index (χ2v) is 4.58. The highest BCUT2D eigenvalue weighted by molar-refractivity contribution is 5.79. The summed E-state index contributed by atoms with van der Waals surface area (Å²) in [5.41, 5.74) is 6.69. The minimum Gasteiger partial charge on any atom is -0.497 e. The third-order valence-electron chi connectivity index (χ3n) is 3.39. The van der Waals surface area contributed by atoms with E-state index >= 15 is 0 Å². The molecule has 1 aromatic carbocycles. The summed E-state index contributed by atoms with van der Waals surface area (Å²) in [4.78, 5) is 12.1. The lowest BCUT2D eigenvalue weighted by Crippen LogP contribution is -2.36. The van der Waals surface area contributed by atoms with Gasteiger partial charge in [0.2, 0.25) is 5.91 Å². The average Bonchev–Trinajstić information content (AvgIpc) is 2.46. The molecule has 0 aliphatic rings. The molecule has 4 nitrogen and oxygen atoms in total. The van der Waals surface area contributed by atoms with Gasteiger partial charge >= 0.3 is 0 Å². The molecule has 106 valence electrons. The number of rotatable bonds is 7. The largest absolute Gasteiger partial charge is 0.497 e. The van der Waals surface area contributed by atoms with Gasteiger partial charge in [0.25, 0.3) is 0 Å². The summed E-state index contributed by atoms with van der Waals surface area (Å²) in [6, 6.07) is 7.81. The van der Waals surface area contributed by atoms with E-state index in [0.29, 0.717) is 6.54 Å². The van der Waals surface area contributed by atoms with E-state index in [-0.39, 0.29) is 17.9 Å². The molecule has 1 rings (SSSR count). The molecule has 2 unspecified atom stereocenters. The fraction of sp³-hybridized carbons (Fsp3) is 0.533. The lowest BCUT2D eigenvalue weighted by atomic mass is 10.0. The molecule has 0 saturated heterocycles. The minimum atomic E-state index is -0.104. The van der Waals surface area contributed by atoms with Gasteiger partial charge in [0.05, 0.1) is 13.2 Å². The molecule has 0 spiro atoms. The van der Waals surface area contributed by atoms with Crippen molar-refractivity contribution in [3.63, 3.8) is 0 Å². The third-order valence-corrected chi connectivity index (χ3v) is 3.39. The smallest absolute Gasteiger partial charge is 0.224 e. The Morgan fingerprint density at radius 3 is 2.32 bits per heavy atom. The van der Waals surface area contributed by atoms with Crippen LogP contribution < -0.4 is 15.8 Å². The molecule has 3 N–H and O–H groups in total. The van der Waals surface area contributed by atoms with E-state index in [9.17, 15) is 4.79 Å². The van der Waals surface area contributed by atoms with Crippen molar-refractivity contribution in [2.75, 3.05) is 13.7 Å². The van der Waals surface area contributed by atoms with Gasteiger partial charge in [-0.3, -0.25) is 4.79 Å². The molecular weight excluding hydrogens is 240 g/mol. The minimum absolute atomic E-state index is 0.0269. The van der Waals surface area contributed by atoms with Gasteiger partial charge in [-0.25, -0.2) is 0 Å². The number of hydrogen-bond acceptors (Lipinski definition) is 3. The molecule has 4 heteroatoms. The lowest BCUT2D eigenvalue weighted by molar-refractivity contribution is -0.125. The fourth-order valence-corrected chi connectivity index (χ4v) is 2.01. The van der Waals surface area contributed by atoms with Crippen LogP contribution in [0.4, 0.5) is 0 Å². The molecule has 0 bridgehead atoms. The van der Waals surface area contributed by atoms with E-state index in [0.717, 1.165) is 24.2 Å². The standard InChI is InChI=1S/C15H24N2O2/c1-4-11(10-16)15(18)17-14(5-2)12-6-8-13(19-3)9-7-12/h6-9,11,14H,4-5,10,16H2,1-3H3,(H,17,18). The van der Waals surface area contributed by atoms with Gasteiger partial charge in [-0.15, -0.1) is 0 Å². The Morgan fingerprint density at radius 2 is 1.89 bits per heavy atom. The molecule has 0 aliphatic heterocycles. The number of methoxy groups -OCH3 is 1. The molecule has 0 fully saturated rings. The molecule has 0 aromatic heterocycles. The number of carbonyl (C=O) groups is 1. The van der Waals surface area contributed by atoms with Crippen molar-refractivity contribution in [1.29, 1.82) is 0 Å². The SMILES string of the molecule is CCC(CN)C(=O)NC(CC)c1ccc(OC)cc1. The molecule has 0 saturated carbocycles. The molecule has 0 heterocycles. The van der Waals surface area contributed by atoms with Crippen LogP contribution >= 0.6 is 0 Å². The van der Waals surface area contributed by atoms with E-state index in [1.165, 1.54) is 0 Å². The summed E-state index contributed by atoms with van der Waals surface area (Å²) >= 11 is 0. The Kier molecular flexibility index (Phi) is 6.36. The first-order chi connectivity index (χ1) is 9.15. The summed E-state index contributed by atoms with van der Waals surface area (Å²) in [6.07, 6.45) is 1.61. The Morgan fingerprint density at radius 1 is 1.26 bits per heavy atom. The molecular formula is C15H24N2O2. The van der Waals surface area contributed by atoms with Crippen molar-refractivity contribution in [2.45, 2.75) is 32.7 Å². The van der Waals surface area contributed by atoms with Crippen LogP contribution in [0.1, 0.15) is 38.3 Å². The van der Waals surface area contributed by atoms with Gasteiger partial charge in [-0.05, 0) is 30.5 Å². The van der Waals surface area contributed by atoms with Crippen LogP contribution in [0.25, 0.3) is 0 Å². The van der Waals surface area contributed by atoms with Crippen molar-refractivity contribution in [3.05, 3.63) is 29.8 Å². The summed E-state index contributed by atoms with van der Waals surface area (Å²) in [6.45, 7) is 4.42. The molecule has 19 heavy (non-hydrogen) atoms. The van der Waals surface area contributed by atoms with Gasteiger partial charge in [0.15, 0.2) is 0 Å². The Bertz CT molecular complexity index is 386. The number of hydrogen-bond donors (Lipinski definition) is 2. The highest BCUT2D eigenvalue weighted by atomic mass is 16.5. The number of carbonyl (C=O) groups excluding carboxylic acids is 1. The zero-order valence-electron chi connectivity index (χ0n) is 12.0. The van der Waals surface area contributed by atoms with Crippen LogP contribution in [0.3, 0.4) is 0 Å². The molecule has 0 aliphatic carbocycles. The van der Waals surface area contributed by atoms with E-state index in [4.69, 9.17) is 10.5 Å². The number of nitrogens with two attached hydrogens (primary N) is 1. The Balaban J connectivity index is 2.74. The quantitative estimate of drug-likeness (QED) is 0.794. The van der Waals surface area contributed by atoms with E-state index in [2.05, 4.69) is 12.2 Å². The van der Waals surface area contributed by atoms with Gasteiger partial charge < -0.3 is 15.8 Å². The number of amides is 1. The summed E-state index contributed by atoms with van der Waals surface area (Å²) in [5.74, 6) is 0.748. The summed E-state index contributed by atoms with van der Waals surface area (Å²) < 4.78 is 5.13. The maximum absolute atomic E-state index is 12.1. The van der Waals surface area contributed by atoms with Crippen LogP contribution in [0, 0.1) is 5.92 Å². The number of nitrogens with one attached hydrogen (secondary N) is 1. The van der Waals surface area contributed by atoms with Gasteiger partial charge in [0, 0.05) is 12.5 Å². The first-order valence-electron chi connectivity index (χ1n) is 6.80. The molecule has 1 amide bonds. The van der Waals surface area contributed by atoms with Crippen LogP contribution in [-0.4, -0.2) is 19.6 Å². The molecule has 1 aromatic rings. The van der Waals surface area contributed by atoms with Crippen molar-refractivity contribution in [3.8, 4) is 5.75 Å². The van der Waals surface area contributed by atoms with Crippen LogP contribution in [0.5, 0.6) is 5.75 Å². The normalized spacial score (nSPS) is 13.7. The average molecular weight is 264 g/mol. The van der Waals surface area contributed by atoms with Crippen molar-refractivity contribution < 1.29 is 9.53 Å². The number of ether oxygens (including phenoxy) is 1. The third kappa shape index (κ3) is 4.24. The Labute approximate surface area is 115 Å². The Hall–Kier alpha value is -1.55. The topological polar surface area (TPSA) is 64.4 Å². The molecule has 2 atom stereocenters. The highest BCUT2D eigenvalue weighted by Gasteiger charge is 2.18. The maximum atomic E-state index is 12.1. The fourth-order valence-electron chi connectivity index (χ4n) is 2.01. The monoisotopic (exact) mass is 264 g/mol.